The van der Waals surface area contributed by atoms with Crippen molar-refractivity contribution < 1.29 is 18.0 Å². The van der Waals surface area contributed by atoms with Crippen LogP contribution in [-0.2, 0) is 11.0 Å². The van der Waals surface area contributed by atoms with Crippen molar-refractivity contribution in [2.45, 2.75) is 38.8 Å². The van der Waals surface area contributed by atoms with Gasteiger partial charge < -0.3 is 9.88 Å². The van der Waals surface area contributed by atoms with Crippen LogP contribution in [0.1, 0.15) is 42.8 Å². The highest BCUT2D eigenvalue weighted by molar-refractivity contribution is 5.79. The number of likely N-dealkylation sites (tertiary alicyclic amines) is 1. The molecule has 0 aromatic carbocycles. The fraction of sp³-hybridized carbons (Fsp3) is 0.500. The lowest BCUT2D eigenvalue weighted by Gasteiger charge is -2.32. The molecule has 2 aromatic rings. The Balaban J connectivity index is 2.17. The van der Waals surface area contributed by atoms with Gasteiger partial charge in [0, 0.05) is 31.6 Å². The number of hydrogen-bond acceptors (Lipinski definition) is 4. The smallest absolute Gasteiger partial charge is 0.342 e. The standard InChI is InChI=1S/C16H17F3N4O2/c1-8-20-14-13(15(25)21-8)11(16(17,18)19)6-12(22-14)10-4-3-5-23(7-10)9(2)24/h6,10H,3-5,7H2,1-2H3,(H,20,21,22,25)/t10-/m1/s1. The second-order valence-electron chi connectivity index (χ2n) is 6.25. The SMILES string of the molecule is CC(=O)N1CCC[C@@H](c2cc(C(F)(F)F)c3c(=O)[nH]c(C)nc3n2)C1. The molecule has 3 rings (SSSR count). The average molecular weight is 354 g/mol. The maximum Gasteiger partial charge on any atom is 0.417 e. The first kappa shape index (κ1) is 17.4. The van der Waals surface area contributed by atoms with Crippen molar-refractivity contribution in [1.29, 1.82) is 0 Å². The van der Waals surface area contributed by atoms with E-state index >= 15 is 0 Å². The molecule has 1 aliphatic heterocycles. The highest BCUT2D eigenvalue weighted by atomic mass is 19.4. The monoisotopic (exact) mass is 354 g/mol. The number of carbonyl (C=O) groups is 1. The number of alkyl halides is 3. The zero-order valence-electron chi connectivity index (χ0n) is 13.8. The van der Waals surface area contributed by atoms with Crippen LogP contribution in [-0.4, -0.2) is 38.8 Å². The second kappa shape index (κ2) is 6.12. The van der Waals surface area contributed by atoms with Gasteiger partial charge >= 0.3 is 6.18 Å². The quantitative estimate of drug-likeness (QED) is 0.853. The number of aromatic nitrogens is 3. The molecule has 0 radical (unpaired) electrons. The molecule has 1 saturated heterocycles. The third-order valence-corrected chi connectivity index (χ3v) is 4.41. The number of aromatic amines is 1. The largest absolute Gasteiger partial charge is 0.417 e. The molecular formula is C16H17F3N4O2. The van der Waals surface area contributed by atoms with Gasteiger partial charge in [-0.25, -0.2) is 9.97 Å². The number of aryl methyl sites for hydroxylation is 1. The predicted molar refractivity (Wildman–Crippen MR) is 84.1 cm³/mol. The third-order valence-electron chi connectivity index (χ3n) is 4.41. The summed E-state index contributed by atoms with van der Waals surface area (Å²) in [5.41, 5.74) is -1.90. The summed E-state index contributed by atoms with van der Waals surface area (Å²) < 4.78 is 40.4. The van der Waals surface area contributed by atoms with Crippen LogP contribution in [0.3, 0.4) is 0 Å². The minimum absolute atomic E-state index is 0.119. The average Bonchev–Trinajstić information content (AvgIpc) is 2.52. The van der Waals surface area contributed by atoms with Gasteiger partial charge in [0.15, 0.2) is 5.65 Å². The van der Waals surface area contributed by atoms with Crippen LogP contribution in [0.15, 0.2) is 10.9 Å². The Bertz CT molecular complexity index is 891. The summed E-state index contributed by atoms with van der Waals surface area (Å²) >= 11 is 0. The topological polar surface area (TPSA) is 79.0 Å². The summed E-state index contributed by atoms with van der Waals surface area (Å²) in [6, 6.07) is 0.920. The number of rotatable bonds is 1. The van der Waals surface area contributed by atoms with E-state index in [1.807, 2.05) is 0 Å². The molecule has 2 aromatic heterocycles. The molecule has 1 N–H and O–H groups in total. The van der Waals surface area contributed by atoms with Gasteiger partial charge in [0.2, 0.25) is 5.91 Å². The Morgan fingerprint density at radius 3 is 2.72 bits per heavy atom. The van der Waals surface area contributed by atoms with Gasteiger partial charge in [-0.2, -0.15) is 13.2 Å². The van der Waals surface area contributed by atoms with E-state index in [1.165, 1.54) is 13.8 Å². The van der Waals surface area contributed by atoms with Crippen molar-refractivity contribution in [2.24, 2.45) is 0 Å². The minimum atomic E-state index is -4.70. The first-order valence-corrected chi connectivity index (χ1v) is 7.91. The molecule has 9 heteroatoms. The zero-order valence-corrected chi connectivity index (χ0v) is 13.8. The Morgan fingerprint density at radius 1 is 1.36 bits per heavy atom. The van der Waals surface area contributed by atoms with E-state index in [0.29, 0.717) is 25.9 Å². The number of nitrogens with zero attached hydrogens (tertiary/aromatic N) is 3. The van der Waals surface area contributed by atoms with Gasteiger partial charge in [0.05, 0.1) is 10.9 Å². The molecule has 3 heterocycles. The number of halogens is 3. The summed E-state index contributed by atoms with van der Waals surface area (Å²) in [4.78, 5) is 35.7. The Hall–Kier alpha value is -2.45. The van der Waals surface area contributed by atoms with E-state index in [1.54, 1.807) is 4.90 Å². The number of nitrogens with one attached hydrogen (secondary N) is 1. The Labute approximate surface area is 141 Å². The van der Waals surface area contributed by atoms with Crippen molar-refractivity contribution in [2.75, 3.05) is 13.1 Å². The lowest BCUT2D eigenvalue weighted by Crippen LogP contribution is -2.38. The van der Waals surface area contributed by atoms with Crippen LogP contribution in [0.5, 0.6) is 0 Å². The summed E-state index contributed by atoms with van der Waals surface area (Å²) in [5, 5.41) is -0.555. The molecule has 1 fully saturated rings. The van der Waals surface area contributed by atoms with Crippen molar-refractivity contribution in [3.63, 3.8) is 0 Å². The second-order valence-corrected chi connectivity index (χ2v) is 6.25. The Morgan fingerprint density at radius 2 is 2.08 bits per heavy atom. The van der Waals surface area contributed by atoms with Gasteiger partial charge in [0.25, 0.3) is 5.56 Å². The lowest BCUT2D eigenvalue weighted by atomic mass is 9.93. The predicted octanol–water partition coefficient (Wildman–Crippen LogP) is 2.37. The highest BCUT2D eigenvalue weighted by Gasteiger charge is 2.36. The molecule has 1 amide bonds. The van der Waals surface area contributed by atoms with Crippen LogP contribution in [0.25, 0.3) is 11.0 Å². The van der Waals surface area contributed by atoms with E-state index < -0.39 is 22.7 Å². The number of H-pyrrole nitrogens is 1. The van der Waals surface area contributed by atoms with Crippen molar-refractivity contribution in [3.05, 3.63) is 33.5 Å². The number of fused-ring (bicyclic) bond motifs is 1. The molecule has 1 aliphatic rings. The molecule has 6 nitrogen and oxygen atoms in total. The highest BCUT2D eigenvalue weighted by Crippen LogP contribution is 2.35. The number of hydrogen-bond donors (Lipinski definition) is 1. The van der Waals surface area contributed by atoms with Crippen LogP contribution in [0.4, 0.5) is 13.2 Å². The fourth-order valence-corrected chi connectivity index (χ4v) is 3.21. The Kier molecular flexibility index (Phi) is 4.26. The molecule has 25 heavy (non-hydrogen) atoms. The summed E-state index contributed by atoms with van der Waals surface area (Å²) in [7, 11) is 0. The van der Waals surface area contributed by atoms with E-state index in [4.69, 9.17) is 0 Å². The summed E-state index contributed by atoms with van der Waals surface area (Å²) in [5.74, 6) is -0.235. The van der Waals surface area contributed by atoms with Gasteiger partial charge in [-0.1, -0.05) is 0 Å². The zero-order chi connectivity index (χ0) is 18.4. The third kappa shape index (κ3) is 3.35. The normalized spacial score (nSPS) is 18.6. The van der Waals surface area contributed by atoms with Crippen molar-refractivity contribution in [1.82, 2.24) is 19.9 Å². The van der Waals surface area contributed by atoms with Gasteiger partial charge in [-0.05, 0) is 25.8 Å². The molecule has 0 bridgehead atoms. The van der Waals surface area contributed by atoms with Crippen molar-refractivity contribution in [3.8, 4) is 0 Å². The van der Waals surface area contributed by atoms with E-state index in [-0.39, 0.29) is 29.0 Å². The van der Waals surface area contributed by atoms with Crippen LogP contribution < -0.4 is 5.56 Å². The first-order valence-electron chi connectivity index (χ1n) is 7.91. The molecule has 0 unspecified atom stereocenters. The van der Waals surface area contributed by atoms with E-state index in [0.717, 1.165) is 6.07 Å². The van der Waals surface area contributed by atoms with Crippen LogP contribution >= 0.6 is 0 Å². The molecule has 0 spiro atoms. The molecule has 1 atom stereocenters. The molecule has 0 aliphatic carbocycles. The minimum Gasteiger partial charge on any atom is -0.342 e. The van der Waals surface area contributed by atoms with Crippen LogP contribution in [0.2, 0.25) is 0 Å². The summed E-state index contributed by atoms with van der Waals surface area (Å²) in [6.07, 6.45) is -3.39. The van der Waals surface area contributed by atoms with Crippen LogP contribution in [0, 0.1) is 6.92 Å². The first-order chi connectivity index (χ1) is 11.7. The maximum absolute atomic E-state index is 13.5. The summed E-state index contributed by atoms with van der Waals surface area (Å²) in [6.45, 7) is 3.82. The number of carbonyl (C=O) groups excluding carboxylic acids is 1. The number of amides is 1. The van der Waals surface area contributed by atoms with Gasteiger partial charge in [-0.15, -0.1) is 0 Å². The van der Waals surface area contributed by atoms with E-state index in [9.17, 15) is 22.8 Å². The fourth-order valence-electron chi connectivity index (χ4n) is 3.21. The van der Waals surface area contributed by atoms with Gasteiger partial charge in [-0.3, -0.25) is 9.59 Å². The molecular weight excluding hydrogens is 337 g/mol. The van der Waals surface area contributed by atoms with Crippen molar-refractivity contribution >= 4 is 16.9 Å². The number of piperidine rings is 1. The van der Waals surface area contributed by atoms with E-state index in [2.05, 4.69) is 15.0 Å². The molecule has 134 valence electrons. The molecule has 0 saturated carbocycles. The van der Waals surface area contributed by atoms with Gasteiger partial charge in [0.1, 0.15) is 5.82 Å². The lowest BCUT2D eigenvalue weighted by molar-refractivity contribution is -0.136. The number of pyridine rings is 1. The maximum atomic E-state index is 13.5.